The van der Waals surface area contributed by atoms with Gasteiger partial charge in [0.1, 0.15) is 35.6 Å². The van der Waals surface area contributed by atoms with E-state index >= 15 is 0 Å². The maximum atomic E-state index is 12.5. The van der Waals surface area contributed by atoms with Gasteiger partial charge in [0, 0.05) is 19.0 Å². The number of nitrogens with zero attached hydrogens (tertiary/aromatic N) is 3. The van der Waals surface area contributed by atoms with Crippen molar-refractivity contribution in [2.45, 2.75) is 26.7 Å². The fraction of sp³-hybridized carbons (Fsp3) is 0.269. The molecule has 0 bridgehead atoms. The van der Waals surface area contributed by atoms with Crippen molar-refractivity contribution in [1.82, 2.24) is 10.2 Å². The molecule has 0 aliphatic carbocycles. The Hall–Kier alpha value is -4.43. The number of hydrogen-bond acceptors (Lipinski definition) is 9. The highest BCUT2D eigenvalue weighted by Gasteiger charge is 2.14. The average molecular weight is 522 g/mol. The maximum Gasteiger partial charge on any atom is 0.268 e. The van der Waals surface area contributed by atoms with Crippen molar-refractivity contribution in [2.24, 2.45) is 0 Å². The maximum absolute atomic E-state index is 12.5. The first-order valence-electron chi connectivity index (χ1n) is 11.5. The minimum absolute atomic E-state index is 0.0825. The quantitative estimate of drug-likeness (QED) is 0.203. The van der Waals surface area contributed by atoms with E-state index in [9.17, 15) is 14.9 Å². The number of ether oxygens (including phenoxy) is 3. The van der Waals surface area contributed by atoms with Crippen LogP contribution in [-0.2, 0) is 16.0 Å². The topological polar surface area (TPSA) is 135 Å². The molecule has 2 aromatic carbocycles. The fourth-order valence-electron chi connectivity index (χ4n) is 3.14. The predicted octanol–water partition coefficient (Wildman–Crippen LogP) is 4.46. The summed E-state index contributed by atoms with van der Waals surface area (Å²) < 4.78 is 16.9. The molecule has 0 fully saturated rings. The third-order valence-corrected chi connectivity index (χ3v) is 5.70. The van der Waals surface area contributed by atoms with Gasteiger partial charge < -0.3 is 19.5 Å². The SMILES string of the molecule is CCCc1nnc(NC(=O)C(C#N)=Cc2ccc(OCCOc3ccc(NC(C)=O)cc3)c(OC)c2)s1. The Balaban J connectivity index is 1.57. The van der Waals surface area contributed by atoms with E-state index in [0.717, 1.165) is 17.8 Å². The number of carbonyl (C=O) groups is 2. The zero-order valence-electron chi connectivity index (χ0n) is 20.7. The van der Waals surface area contributed by atoms with E-state index in [1.54, 1.807) is 42.5 Å². The van der Waals surface area contributed by atoms with Crippen LogP contribution in [-0.4, -0.2) is 42.3 Å². The van der Waals surface area contributed by atoms with Crippen LogP contribution in [0.25, 0.3) is 6.08 Å². The minimum atomic E-state index is -0.566. The molecule has 1 heterocycles. The number of methoxy groups -OCH3 is 1. The molecular weight excluding hydrogens is 494 g/mol. The van der Waals surface area contributed by atoms with Crippen LogP contribution in [0.1, 0.15) is 30.8 Å². The smallest absolute Gasteiger partial charge is 0.268 e. The molecule has 1 aromatic heterocycles. The van der Waals surface area contributed by atoms with Gasteiger partial charge in [0.25, 0.3) is 5.91 Å². The molecule has 3 aromatic rings. The molecule has 0 radical (unpaired) electrons. The van der Waals surface area contributed by atoms with Crippen molar-refractivity contribution in [3.63, 3.8) is 0 Å². The van der Waals surface area contributed by atoms with Gasteiger partial charge in [-0.2, -0.15) is 5.26 Å². The minimum Gasteiger partial charge on any atom is -0.493 e. The molecule has 2 amide bonds. The van der Waals surface area contributed by atoms with Gasteiger partial charge in [0.05, 0.1) is 7.11 Å². The Labute approximate surface area is 218 Å². The first kappa shape index (κ1) is 27.2. The van der Waals surface area contributed by atoms with E-state index in [4.69, 9.17) is 14.2 Å². The van der Waals surface area contributed by atoms with Crippen LogP contribution in [0.4, 0.5) is 10.8 Å². The van der Waals surface area contributed by atoms with Crippen molar-refractivity contribution in [3.8, 4) is 23.3 Å². The molecule has 0 aliphatic rings. The van der Waals surface area contributed by atoms with E-state index in [2.05, 4.69) is 20.8 Å². The Kier molecular flexibility index (Phi) is 9.99. The van der Waals surface area contributed by atoms with E-state index in [1.165, 1.54) is 31.4 Å². The second kappa shape index (κ2) is 13.6. The van der Waals surface area contributed by atoms with E-state index in [1.807, 2.05) is 13.0 Å². The molecule has 0 aliphatic heterocycles. The van der Waals surface area contributed by atoms with Gasteiger partial charge in [-0.3, -0.25) is 14.9 Å². The lowest BCUT2D eigenvalue weighted by atomic mass is 10.1. The molecule has 192 valence electrons. The summed E-state index contributed by atoms with van der Waals surface area (Å²) in [6.07, 6.45) is 3.17. The molecule has 37 heavy (non-hydrogen) atoms. The van der Waals surface area contributed by atoms with Gasteiger partial charge >= 0.3 is 0 Å². The summed E-state index contributed by atoms with van der Waals surface area (Å²) in [5.74, 6) is 0.869. The highest BCUT2D eigenvalue weighted by molar-refractivity contribution is 7.15. The summed E-state index contributed by atoms with van der Waals surface area (Å²) >= 11 is 1.29. The number of amides is 2. The zero-order valence-corrected chi connectivity index (χ0v) is 21.6. The second-order valence-electron chi connectivity index (χ2n) is 7.69. The Morgan fingerprint density at radius 1 is 1.05 bits per heavy atom. The molecule has 0 saturated heterocycles. The number of hydrogen-bond donors (Lipinski definition) is 2. The number of anilines is 2. The van der Waals surface area contributed by atoms with Gasteiger partial charge in [-0.25, -0.2) is 0 Å². The number of aryl methyl sites for hydroxylation is 1. The van der Waals surface area contributed by atoms with Gasteiger partial charge in [0.15, 0.2) is 11.5 Å². The second-order valence-corrected chi connectivity index (χ2v) is 8.75. The van der Waals surface area contributed by atoms with Crippen LogP contribution in [0.15, 0.2) is 48.0 Å². The van der Waals surface area contributed by atoms with Gasteiger partial charge in [-0.1, -0.05) is 24.3 Å². The summed E-state index contributed by atoms with van der Waals surface area (Å²) in [5, 5.41) is 23.9. The van der Waals surface area contributed by atoms with Crippen molar-refractivity contribution in [1.29, 1.82) is 5.26 Å². The van der Waals surface area contributed by atoms with Crippen LogP contribution >= 0.6 is 11.3 Å². The number of aromatic nitrogens is 2. The molecule has 2 N–H and O–H groups in total. The van der Waals surface area contributed by atoms with E-state index in [-0.39, 0.29) is 24.7 Å². The van der Waals surface area contributed by atoms with Crippen LogP contribution in [0.2, 0.25) is 0 Å². The standard InChI is InChI=1S/C26H27N5O5S/c1-4-5-24-30-31-26(37-24)29-25(33)19(16-27)14-18-6-11-22(23(15-18)34-3)36-13-12-35-21-9-7-20(8-10-21)28-17(2)32/h6-11,14-15H,4-5,12-13H2,1-3H3,(H,28,32)(H,29,31,33). The largest absolute Gasteiger partial charge is 0.493 e. The molecule has 11 heteroatoms. The third-order valence-electron chi connectivity index (χ3n) is 4.80. The summed E-state index contributed by atoms with van der Waals surface area (Å²) in [4.78, 5) is 23.6. The molecule has 3 rings (SSSR count). The Bertz CT molecular complexity index is 1300. The third kappa shape index (κ3) is 8.33. The lowest BCUT2D eigenvalue weighted by Gasteiger charge is -2.12. The van der Waals surface area contributed by atoms with Crippen molar-refractivity contribution < 1.29 is 23.8 Å². The fourth-order valence-corrected chi connectivity index (χ4v) is 3.98. The molecule has 0 spiro atoms. The molecule has 0 unspecified atom stereocenters. The number of nitriles is 1. The number of carbonyl (C=O) groups excluding carboxylic acids is 2. The highest BCUT2D eigenvalue weighted by Crippen LogP contribution is 2.29. The van der Waals surface area contributed by atoms with Crippen LogP contribution in [0.5, 0.6) is 17.2 Å². The van der Waals surface area contributed by atoms with Gasteiger partial charge in [0.2, 0.25) is 11.0 Å². The summed E-state index contributed by atoms with van der Waals surface area (Å²) in [7, 11) is 1.50. The first-order valence-corrected chi connectivity index (χ1v) is 12.3. The molecular formula is C26H27N5O5S. The van der Waals surface area contributed by atoms with Crippen LogP contribution < -0.4 is 24.8 Å². The van der Waals surface area contributed by atoms with Gasteiger partial charge in [-0.15, -0.1) is 10.2 Å². The normalized spacial score (nSPS) is 10.8. The number of rotatable bonds is 12. The lowest BCUT2D eigenvalue weighted by molar-refractivity contribution is -0.114. The number of nitrogens with one attached hydrogen (secondary N) is 2. The lowest BCUT2D eigenvalue weighted by Crippen LogP contribution is -2.13. The Morgan fingerprint density at radius 2 is 1.81 bits per heavy atom. The molecule has 0 saturated carbocycles. The van der Waals surface area contributed by atoms with Crippen LogP contribution in [0, 0.1) is 11.3 Å². The van der Waals surface area contributed by atoms with Crippen molar-refractivity contribution in [2.75, 3.05) is 31.0 Å². The van der Waals surface area contributed by atoms with E-state index in [0.29, 0.717) is 33.6 Å². The van der Waals surface area contributed by atoms with E-state index < -0.39 is 5.91 Å². The molecule has 10 nitrogen and oxygen atoms in total. The highest BCUT2D eigenvalue weighted by atomic mass is 32.1. The molecule has 0 atom stereocenters. The van der Waals surface area contributed by atoms with Gasteiger partial charge in [-0.05, 0) is 54.5 Å². The van der Waals surface area contributed by atoms with Crippen LogP contribution in [0.3, 0.4) is 0 Å². The first-order chi connectivity index (χ1) is 17.9. The zero-order chi connectivity index (χ0) is 26.6. The monoisotopic (exact) mass is 521 g/mol. The Morgan fingerprint density at radius 3 is 2.49 bits per heavy atom. The van der Waals surface area contributed by atoms with Crippen molar-refractivity contribution >= 4 is 40.0 Å². The summed E-state index contributed by atoms with van der Waals surface area (Å²) in [6.45, 7) is 4.02. The summed E-state index contributed by atoms with van der Waals surface area (Å²) in [5.41, 5.74) is 1.20. The predicted molar refractivity (Wildman–Crippen MR) is 141 cm³/mol. The number of benzene rings is 2. The average Bonchev–Trinajstić information content (AvgIpc) is 3.33. The van der Waals surface area contributed by atoms with Crippen molar-refractivity contribution in [3.05, 3.63) is 58.6 Å². The summed E-state index contributed by atoms with van der Waals surface area (Å²) in [6, 6.07) is 14.0.